The molecule has 0 spiro atoms. The largest absolute Gasteiger partial charge is 0.310 e. The van der Waals surface area contributed by atoms with E-state index in [1.807, 2.05) is 0 Å². The van der Waals surface area contributed by atoms with E-state index >= 15 is 0 Å². The minimum atomic E-state index is 0.480. The third-order valence-corrected chi connectivity index (χ3v) is 3.07. The van der Waals surface area contributed by atoms with Crippen LogP contribution < -0.4 is 5.32 Å². The monoisotopic (exact) mass is 233 g/mol. The first-order chi connectivity index (χ1) is 8.04. The fourth-order valence-electron chi connectivity index (χ4n) is 2.29. The Morgan fingerprint density at radius 3 is 2.00 bits per heavy atom. The van der Waals surface area contributed by atoms with Gasteiger partial charge in [0.05, 0.1) is 0 Å². The van der Waals surface area contributed by atoms with E-state index in [-0.39, 0.29) is 0 Å². The highest BCUT2D eigenvalue weighted by atomic mass is 14.9. The van der Waals surface area contributed by atoms with Crippen LogP contribution in [0.15, 0.2) is 24.3 Å². The van der Waals surface area contributed by atoms with Crippen LogP contribution >= 0.6 is 0 Å². The number of nitrogens with one attached hydrogen (secondary N) is 1. The van der Waals surface area contributed by atoms with Crippen molar-refractivity contribution in [3.8, 4) is 0 Å². The average molecular weight is 233 g/mol. The Hall–Kier alpha value is -0.820. The van der Waals surface area contributed by atoms with Gasteiger partial charge in [-0.15, -0.1) is 0 Å². The standard InChI is InChI=1S/C16H27N/c1-6-17-16(13(4)5)15-9-7-14(8-10-15)11-12(2)3/h7-10,12-13,16-17H,6,11H2,1-5H3. The molecule has 0 aromatic heterocycles. The van der Waals surface area contributed by atoms with E-state index in [9.17, 15) is 0 Å². The summed E-state index contributed by atoms with van der Waals surface area (Å²) in [7, 11) is 0. The molecule has 0 fully saturated rings. The molecule has 1 aromatic rings. The van der Waals surface area contributed by atoms with Crippen molar-refractivity contribution in [2.45, 2.75) is 47.1 Å². The van der Waals surface area contributed by atoms with E-state index in [1.165, 1.54) is 17.5 Å². The Balaban J connectivity index is 2.77. The highest BCUT2D eigenvalue weighted by molar-refractivity contribution is 5.25. The van der Waals surface area contributed by atoms with Gasteiger partial charge in [-0.1, -0.05) is 58.9 Å². The molecular weight excluding hydrogens is 206 g/mol. The second-order valence-electron chi connectivity index (χ2n) is 5.62. The molecule has 0 saturated carbocycles. The fraction of sp³-hybridized carbons (Fsp3) is 0.625. The molecule has 0 saturated heterocycles. The van der Waals surface area contributed by atoms with Crippen LogP contribution in [-0.4, -0.2) is 6.54 Å². The summed E-state index contributed by atoms with van der Waals surface area (Å²) in [5.74, 6) is 1.36. The lowest BCUT2D eigenvalue weighted by atomic mass is 9.94. The predicted molar refractivity (Wildman–Crippen MR) is 76.2 cm³/mol. The quantitative estimate of drug-likeness (QED) is 0.777. The second-order valence-corrected chi connectivity index (χ2v) is 5.62. The molecule has 0 aliphatic carbocycles. The van der Waals surface area contributed by atoms with E-state index in [2.05, 4.69) is 64.2 Å². The van der Waals surface area contributed by atoms with Crippen LogP contribution in [0.5, 0.6) is 0 Å². The third kappa shape index (κ3) is 4.51. The number of hydrogen-bond acceptors (Lipinski definition) is 1. The number of benzene rings is 1. The van der Waals surface area contributed by atoms with Crippen LogP contribution in [0.3, 0.4) is 0 Å². The predicted octanol–water partition coefficient (Wildman–Crippen LogP) is 4.19. The Morgan fingerprint density at radius 1 is 1.00 bits per heavy atom. The lowest BCUT2D eigenvalue weighted by Gasteiger charge is -2.22. The van der Waals surface area contributed by atoms with Crippen LogP contribution in [0.1, 0.15) is 51.8 Å². The van der Waals surface area contributed by atoms with Crippen molar-refractivity contribution in [1.82, 2.24) is 5.32 Å². The molecule has 1 unspecified atom stereocenters. The van der Waals surface area contributed by atoms with E-state index in [0.29, 0.717) is 12.0 Å². The van der Waals surface area contributed by atoms with Crippen molar-refractivity contribution < 1.29 is 0 Å². The first kappa shape index (κ1) is 14.2. The summed E-state index contributed by atoms with van der Waals surface area (Å²) in [5.41, 5.74) is 2.86. The summed E-state index contributed by atoms with van der Waals surface area (Å²) in [4.78, 5) is 0. The van der Waals surface area contributed by atoms with Crippen molar-refractivity contribution in [2.75, 3.05) is 6.54 Å². The first-order valence-corrected chi connectivity index (χ1v) is 6.86. The van der Waals surface area contributed by atoms with Gasteiger partial charge in [-0.05, 0) is 35.9 Å². The summed E-state index contributed by atoms with van der Waals surface area (Å²) in [5, 5.41) is 3.56. The van der Waals surface area contributed by atoms with Crippen molar-refractivity contribution >= 4 is 0 Å². The molecule has 0 heterocycles. The van der Waals surface area contributed by atoms with E-state index in [1.54, 1.807) is 0 Å². The minimum Gasteiger partial charge on any atom is -0.310 e. The average Bonchev–Trinajstić information content (AvgIpc) is 2.26. The van der Waals surface area contributed by atoms with Crippen LogP contribution in [-0.2, 0) is 6.42 Å². The van der Waals surface area contributed by atoms with Crippen LogP contribution in [0.25, 0.3) is 0 Å². The smallest absolute Gasteiger partial charge is 0.0343 e. The zero-order valence-electron chi connectivity index (χ0n) is 12.0. The van der Waals surface area contributed by atoms with Crippen molar-refractivity contribution in [3.63, 3.8) is 0 Å². The van der Waals surface area contributed by atoms with E-state index in [4.69, 9.17) is 0 Å². The molecule has 1 atom stereocenters. The number of rotatable bonds is 6. The Kier molecular flexibility index (Phi) is 5.70. The molecule has 1 nitrogen and oxygen atoms in total. The summed E-state index contributed by atoms with van der Waals surface area (Å²) < 4.78 is 0. The van der Waals surface area contributed by atoms with Gasteiger partial charge in [0.15, 0.2) is 0 Å². The van der Waals surface area contributed by atoms with E-state index in [0.717, 1.165) is 12.5 Å². The molecule has 0 amide bonds. The summed E-state index contributed by atoms with van der Waals surface area (Å²) in [6, 6.07) is 9.60. The van der Waals surface area contributed by atoms with Crippen molar-refractivity contribution in [1.29, 1.82) is 0 Å². The summed E-state index contributed by atoms with van der Waals surface area (Å²) >= 11 is 0. The van der Waals surface area contributed by atoms with Gasteiger partial charge in [0.25, 0.3) is 0 Å². The van der Waals surface area contributed by atoms with Crippen LogP contribution in [0, 0.1) is 11.8 Å². The molecule has 0 radical (unpaired) electrons. The Bertz CT molecular complexity index is 311. The highest BCUT2D eigenvalue weighted by Gasteiger charge is 2.13. The van der Waals surface area contributed by atoms with Crippen LogP contribution in [0.2, 0.25) is 0 Å². The zero-order valence-corrected chi connectivity index (χ0v) is 12.0. The topological polar surface area (TPSA) is 12.0 Å². The maximum Gasteiger partial charge on any atom is 0.0343 e. The fourth-order valence-corrected chi connectivity index (χ4v) is 2.29. The van der Waals surface area contributed by atoms with Gasteiger partial charge in [0, 0.05) is 6.04 Å². The van der Waals surface area contributed by atoms with Gasteiger partial charge in [-0.2, -0.15) is 0 Å². The van der Waals surface area contributed by atoms with Crippen molar-refractivity contribution in [3.05, 3.63) is 35.4 Å². The van der Waals surface area contributed by atoms with Gasteiger partial charge in [-0.25, -0.2) is 0 Å². The molecule has 1 heteroatoms. The van der Waals surface area contributed by atoms with Crippen molar-refractivity contribution in [2.24, 2.45) is 11.8 Å². The molecule has 96 valence electrons. The molecule has 0 bridgehead atoms. The molecule has 1 N–H and O–H groups in total. The lowest BCUT2D eigenvalue weighted by Crippen LogP contribution is -2.25. The molecule has 0 aliphatic heterocycles. The van der Waals surface area contributed by atoms with Gasteiger partial charge >= 0.3 is 0 Å². The van der Waals surface area contributed by atoms with Gasteiger partial charge in [0.1, 0.15) is 0 Å². The van der Waals surface area contributed by atoms with Gasteiger partial charge in [0.2, 0.25) is 0 Å². The second kappa shape index (κ2) is 6.80. The molecular formula is C16H27N. The van der Waals surface area contributed by atoms with E-state index < -0.39 is 0 Å². The normalized spacial score (nSPS) is 13.4. The summed E-state index contributed by atoms with van der Waals surface area (Å²) in [6.45, 7) is 12.3. The van der Waals surface area contributed by atoms with Crippen LogP contribution in [0.4, 0.5) is 0 Å². The molecule has 0 aliphatic rings. The highest BCUT2D eigenvalue weighted by Crippen LogP contribution is 2.22. The van der Waals surface area contributed by atoms with Gasteiger partial charge in [-0.3, -0.25) is 0 Å². The molecule has 1 rings (SSSR count). The Labute approximate surface area is 107 Å². The maximum absolute atomic E-state index is 3.56. The molecule has 1 aromatic carbocycles. The maximum atomic E-state index is 3.56. The minimum absolute atomic E-state index is 0.480. The zero-order chi connectivity index (χ0) is 12.8. The van der Waals surface area contributed by atoms with Gasteiger partial charge < -0.3 is 5.32 Å². The SMILES string of the molecule is CCNC(c1ccc(CC(C)C)cc1)C(C)C. The lowest BCUT2D eigenvalue weighted by molar-refractivity contribution is 0.421. The number of hydrogen-bond donors (Lipinski definition) is 1. The molecule has 17 heavy (non-hydrogen) atoms. The first-order valence-electron chi connectivity index (χ1n) is 6.86. The third-order valence-electron chi connectivity index (χ3n) is 3.07. The Morgan fingerprint density at radius 2 is 1.59 bits per heavy atom. The summed E-state index contributed by atoms with van der Waals surface area (Å²) in [6.07, 6.45) is 1.17.